The summed E-state index contributed by atoms with van der Waals surface area (Å²) < 4.78 is 0. The van der Waals surface area contributed by atoms with Crippen LogP contribution in [0, 0.1) is 11.8 Å². The molecule has 1 amide bonds. The molecule has 0 aromatic carbocycles. The van der Waals surface area contributed by atoms with Crippen molar-refractivity contribution >= 4 is 11.9 Å². The van der Waals surface area contributed by atoms with Crippen molar-refractivity contribution < 1.29 is 14.7 Å². The van der Waals surface area contributed by atoms with Crippen molar-refractivity contribution in [3.8, 4) is 0 Å². The third kappa shape index (κ3) is 3.69. The Hall–Kier alpha value is -1.10. The van der Waals surface area contributed by atoms with Crippen molar-refractivity contribution in [2.75, 3.05) is 32.7 Å². The normalized spacial score (nSPS) is 29.2. The molecule has 2 aliphatic rings. The molecular formula is C14H24N2O3. The van der Waals surface area contributed by atoms with Gasteiger partial charge < -0.3 is 10.0 Å². The summed E-state index contributed by atoms with van der Waals surface area (Å²) in [7, 11) is 0. The van der Waals surface area contributed by atoms with E-state index >= 15 is 0 Å². The fourth-order valence-corrected chi connectivity index (χ4v) is 3.13. The van der Waals surface area contributed by atoms with Gasteiger partial charge in [-0.25, -0.2) is 0 Å². The summed E-state index contributed by atoms with van der Waals surface area (Å²) >= 11 is 0. The van der Waals surface area contributed by atoms with E-state index in [4.69, 9.17) is 5.11 Å². The van der Waals surface area contributed by atoms with Gasteiger partial charge in [0.25, 0.3) is 0 Å². The number of hydrogen-bond acceptors (Lipinski definition) is 3. The lowest BCUT2D eigenvalue weighted by Crippen LogP contribution is -2.40. The minimum absolute atomic E-state index is 0.134. The molecule has 2 fully saturated rings. The molecule has 0 saturated carbocycles. The van der Waals surface area contributed by atoms with Gasteiger partial charge in [-0.15, -0.1) is 0 Å². The van der Waals surface area contributed by atoms with Crippen LogP contribution >= 0.6 is 0 Å². The average molecular weight is 268 g/mol. The monoisotopic (exact) mass is 268 g/mol. The zero-order chi connectivity index (χ0) is 13.8. The Morgan fingerprint density at radius 2 is 1.74 bits per heavy atom. The fraction of sp³-hybridized carbons (Fsp3) is 0.857. The zero-order valence-corrected chi connectivity index (χ0v) is 11.7. The van der Waals surface area contributed by atoms with Crippen LogP contribution in [0.4, 0.5) is 0 Å². The standard InChI is InChI=1S/C14H24N2O3/c1-11-8-15(9-12(11)14(18)19)10-13(17)16-6-4-2-3-5-7-16/h11-12H,2-10H2,1H3,(H,18,19)/t11-,12-/m1/s1. The molecule has 19 heavy (non-hydrogen) atoms. The lowest BCUT2D eigenvalue weighted by molar-refractivity contribution is -0.142. The van der Waals surface area contributed by atoms with Crippen LogP contribution in [-0.4, -0.2) is 59.5 Å². The molecule has 2 saturated heterocycles. The highest BCUT2D eigenvalue weighted by Crippen LogP contribution is 2.23. The van der Waals surface area contributed by atoms with Gasteiger partial charge in [-0.05, 0) is 18.8 Å². The summed E-state index contributed by atoms with van der Waals surface area (Å²) in [6.45, 7) is 5.30. The van der Waals surface area contributed by atoms with Gasteiger partial charge in [0.2, 0.25) is 5.91 Å². The first-order valence-electron chi connectivity index (χ1n) is 7.31. The second-order valence-corrected chi connectivity index (χ2v) is 5.91. The van der Waals surface area contributed by atoms with Gasteiger partial charge in [-0.3, -0.25) is 14.5 Å². The maximum Gasteiger partial charge on any atom is 0.308 e. The molecular weight excluding hydrogens is 244 g/mol. The van der Waals surface area contributed by atoms with E-state index in [1.165, 1.54) is 12.8 Å². The van der Waals surface area contributed by atoms with Gasteiger partial charge in [0.05, 0.1) is 12.5 Å². The summed E-state index contributed by atoms with van der Waals surface area (Å²) in [4.78, 5) is 27.2. The van der Waals surface area contributed by atoms with Gasteiger partial charge >= 0.3 is 5.97 Å². The van der Waals surface area contributed by atoms with Gasteiger partial charge in [0.15, 0.2) is 0 Å². The highest BCUT2D eigenvalue weighted by atomic mass is 16.4. The average Bonchev–Trinajstić information content (AvgIpc) is 2.58. The first-order valence-corrected chi connectivity index (χ1v) is 7.31. The molecule has 5 nitrogen and oxygen atoms in total. The number of amides is 1. The van der Waals surface area contributed by atoms with Crippen molar-refractivity contribution in [2.24, 2.45) is 11.8 Å². The molecule has 0 aliphatic carbocycles. The first-order chi connectivity index (χ1) is 9.08. The highest BCUT2D eigenvalue weighted by molar-refractivity contribution is 5.78. The molecule has 1 N–H and O–H groups in total. The van der Waals surface area contributed by atoms with E-state index in [1.807, 2.05) is 16.7 Å². The van der Waals surface area contributed by atoms with Crippen LogP contribution < -0.4 is 0 Å². The number of carbonyl (C=O) groups is 2. The second kappa shape index (κ2) is 6.37. The zero-order valence-electron chi connectivity index (χ0n) is 11.7. The maximum absolute atomic E-state index is 12.2. The van der Waals surface area contributed by atoms with E-state index in [0.29, 0.717) is 13.1 Å². The van der Waals surface area contributed by atoms with E-state index in [0.717, 1.165) is 32.5 Å². The molecule has 108 valence electrons. The molecule has 2 atom stereocenters. The number of likely N-dealkylation sites (tertiary alicyclic amines) is 2. The van der Waals surface area contributed by atoms with Crippen molar-refractivity contribution in [3.63, 3.8) is 0 Å². The van der Waals surface area contributed by atoms with Gasteiger partial charge in [-0.1, -0.05) is 19.8 Å². The minimum Gasteiger partial charge on any atom is -0.481 e. The fourth-order valence-electron chi connectivity index (χ4n) is 3.13. The molecule has 0 aromatic heterocycles. The van der Waals surface area contributed by atoms with E-state index in [2.05, 4.69) is 0 Å². The molecule has 0 aromatic rings. The smallest absolute Gasteiger partial charge is 0.308 e. The molecule has 2 aliphatic heterocycles. The van der Waals surface area contributed by atoms with Crippen LogP contribution in [0.5, 0.6) is 0 Å². The van der Waals surface area contributed by atoms with Gasteiger partial charge in [-0.2, -0.15) is 0 Å². The van der Waals surface area contributed by atoms with Crippen LogP contribution in [0.1, 0.15) is 32.6 Å². The molecule has 2 heterocycles. The second-order valence-electron chi connectivity index (χ2n) is 5.91. The van der Waals surface area contributed by atoms with Crippen molar-refractivity contribution in [1.82, 2.24) is 9.80 Å². The van der Waals surface area contributed by atoms with Crippen LogP contribution in [0.25, 0.3) is 0 Å². The van der Waals surface area contributed by atoms with Crippen LogP contribution in [0.15, 0.2) is 0 Å². The molecule has 2 rings (SSSR count). The Morgan fingerprint density at radius 1 is 1.11 bits per heavy atom. The predicted octanol–water partition coefficient (Wildman–Crippen LogP) is 1.04. The first kappa shape index (κ1) is 14.3. The lowest BCUT2D eigenvalue weighted by Gasteiger charge is -2.23. The summed E-state index contributed by atoms with van der Waals surface area (Å²) in [5.74, 6) is -0.760. The highest BCUT2D eigenvalue weighted by Gasteiger charge is 2.35. The number of rotatable bonds is 3. The van der Waals surface area contributed by atoms with E-state index in [-0.39, 0.29) is 17.7 Å². The Balaban J connectivity index is 1.84. The SMILES string of the molecule is C[C@@H]1CN(CC(=O)N2CCCCCC2)C[C@H]1C(=O)O. The molecule has 0 bridgehead atoms. The number of nitrogens with zero attached hydrogens (tertiary/aromatic N) is 2. The summed E-state index contributed by atoms with van der Waals surface area (Å²) in [5, 5.41) is 9.10. The molecule has 0 radical (unpaired) electrons. The Labute approximate surface area is 114 Å². The van der Waals surface area contributed by atoms with E-state index in [9.17, 15) is 9.59 Å². The molecule has 0 unspecified atom stereocenters. The number of hydrogen-bond donors (Lipinski definition) is 1. The minimum atomic E-state index is -0.739. The maximum atomic E-state index is 12.2. The van der Waals surface area contributed by atoms with Gasteiger partial charge in [0.1, 0.15) is 0 Å². The number of aliphatic carboxylic acids is 1. The summed E-state index contributed by atoms with van der Waals surface area (Å²) in [6, 6.07) is 0. The van der Waals surface area contributed by atoms with Crippen LogP contribution in [0.3, 0.4) is 0 Å². The summed E-state index contributed by atoms with van der Waals surface area (Å²) in [6.07, 6.45) is 4.62. The number of carboxylic acids is 1. The van der Waals surface area contributed by atoms with E-state index in [1.54, 1.807) is 0 Å². The molecule has 0 spiro atoms. The van der Waals surface area contributed by atoms with Crippen LogP contribution in [0.2, 0.25) is 0 Å². The third-order valence-electron chi connectivity index (χ3n) is 4.32. The van der Waals surface area contributed by atoms with Crippen molar-refractivity contribution in [1.29, 1.82) is 0 Å². The number of carboxylic acid groups (broad SMARTS) is 1. The Bertz CT molecular complexity index is 338. The third-order valence-corrected chi connectivity index (χ3v) is 4.32. The van der Waals surface area contributed by atoms with E-state index < -0.39 is 5.97 Å². The quantitative estimate of drug-likeness (QED) is 0.831. The number of carbonyl (C=O) groups excluding carboxylic acids is 1. The largest absolute Gasteiger partial charge is 0.481 e. The Morgan fingerprint density at radius 3 is 2.26 bits per heavy atom. The Kier molecular flexibility index (Phi) is 4.80. The van der Waals surface area contributed by atoms with Crippen LogP contribution in [-0.2, 0) is 9.59 Å². The van der Waals surface area contributed by atoms with Crippen molar-refractivity contribution in [3.05, 3.63) is 0 Å². The predicted molar refractivity (Wildman–Crippen MR) is 71.8 cm³/mol. The van der Waals surface area contributed by atoms with Crippen molar-refractivity contribution in [2.45, 2.75) is 32.6 Å². The molecule has 5 heteroatoms. The topological polar surface area (TPSA) is 60.9 Å². The van der Waals surface area contributed by atoms with Gasteiger partial charge in [0, 0.05) is 26.2 Å². The lowest BCUT2D eigenvalue weighted by atomic mass is 9.99. The summed E-state index contributed by atoms with van der Waals surface area (Å²) in [5.41, 5.74) is 0.